The molecule has 0 saturated heterocycles. The van der Waals surface area contributed by atoms with E-state index in [-0.39, 0.29) is 0 Å². The first kappa shape index (κ1) is 8.11. The van der Waals surface area contributed by atoms with Gasteiger partial charge in [0.1, 0.15) is 0 Å². The maximum Gasteiger partial charge on any atom is 0.0475 e. The van der Waals surface area contributed by atoms with Crippen molar-refractivity contribution < 1.29 is 0 Å². The largest absolute Gasteiger partial charge is 0.322 e. The minimum atomic E-state index is 1.23. The van der Waals surface area contributed by atoms with E-state index in [1.807, 2.05) is 0 Å². The zero-order valence-corrected chi connectivity index (χ0v) is 8.52. The van der Waals surface area contributed by atoms with Crippen LogP contribution in [0.2, 0.25) is 0 Å². The van der Waals surface area contributed by atoms with Crippen molar-refractivity contribution >= 4 is 21.8 Å². The minimum absolute atomic E-state index is 1.23. The van der Waals surface area contributed by atoms with Gasteiger partial charge in [-0.15, -0.1) is 0 Å². The lowest BCUT2D eigenvalue weighted by atomic mass is 9.91. The van der Waals surface area contributed by atoms with Crippen molar-refractivity contribution in [2.45, 2.75) is 25.7 Å². The molecule has 1 aromatic rings. The first-order chi connectivity index (χ1) is 5.92. The van der Waals surface area contributed by atoms with Gasteiger partial charge in [0.15, 0.2) is 0 Å². The molecular formula is C10H12BrN. The van der Waals surface area contributed by atoms with Crippen LogP contribution in [0.15, 0.2) is 18.2 Å². The Labute approximate surface area is 81.5 Å². The van der Waals surface area contributed by atoms with E-state index in [1.165, 1.54) is 42.5 Å². The lowest BCUT2D eigenvalue weighted by Crippen LogP contribution is -2.04. The maximum absolute atomic E-state index is 3.29. The summed E-state index contributed by atoms with van der Waals surface area (Å²) in [6, 6.07) is 6.48. The average Bonchev–Trinajstić information content (AvgIpc) is 2.17. The molecule has 0 amide bonds. The van der Waals surface area contributed by atoms with Crippen LogP contribution in [0.4, 0.5) is 5.69 Å². The zero-order chi connectivity index (χ0) is 8.39. The predicted molar refractivity (Wildman–Crippen MR) is 55.6 cm³/mol. The van der Waals surface area contributed by atoms with Gasteiger partial charge in [-0.05, 0) is 42.9 Å². The molecule has 1 aliphatic carbocycles. The topological polar surface area (TPSA) is 12.0 Å². The van der Waals surface area contributed by atoms with Crippen LogP contribution in [0.5, 0.6) is 0 Å². The molecule has 0 fully saturated rings. The lowest BCUT2D eigenvalue weighted by molar-refractivity contribution is 0.687. The van der Waals surface area contributed by atoms with Crippen molar-refractivity contribution in [3.05, 3.63) is 29.3 Å². The Kier molecular flexibility index (Phi) is 2.35. The van der Waals surface area contributed by atoms with E-state index in [4.69, 9.17) is 0 Å². The van der Waals surface area contributed by atoms with Crippen molar-refractivity contribution in [2.75, 3.05) is 4.34 Å². The first-order valence-electron chi connectivity index (χ1n) is 4.39. The second kappa shape index (κ2) is 3.48. The average molecular weight is 226 g/mol. The molecular weight excluding hydrogens is 214 g/mol. The third kappa shape index (κ3) is 1.36. The van der Waals surface area contributed by atoms with Crippen molar-refractivity contribution in [3.63, 3.8) is 0 Å². The van der Waals surface area contributed by atoms with Gasteiger partial charge in [0, 0.05) is 21.8 Å². The van der Waals surface area contributed by atoms with Gasteiger partial charge in [-0.1, -0.05) is 12.1 Å². The van der Waals surface area contributed by atoms with Gasteiger partial charge in [-0.25, -0.2) is 0 Å². The molecule has 1 nitrogen and oxygen atoms in total. The molecule has 0 spiro atoms. The zero-order valence-electron chi connectivity index (χ0n) is 6.94. The standard InChI is InChI=1S/C10H12BrN/c11-12-10-7-3-5-8-4-1-2-6-9(8)10/h3,5,7,12H,1-2,4,6H2. The molecule has 0 radical (unpaired) electrons. The van der Waals surface area contributed by atoms with E-state index in [1.54, 1.807) is 0 Å². The number of nitrogens with one attached hydrogen (secondary N) is 1. The molecule has 1 aliphatic rings. The summed E-state index contributed by atoms with van der Waals surface area (Å²) in [5.74, 6) is 0. The summed E-state index contributed by atoms with van der Waals surface area (Å²) in [5.41, 5.74) is 4.26. The number of benzene rings is 1. The van der Waals surface area contributed by atoms with Crippen LogP contribution in [0.3, 0.4) is 0 Å². The van der Waals surface area contributed by atoms with Crippen molar-refractivity contribution in [1.82, 2.24) is 0 Å². The fourth-order valence-corrected chi connectivity index (χ4v) is 2.24. The van der Waals surface area contributed by atoms with Gasteiger partial charge in [-0.3, -0.25) is 0 Å². The molecule has 0 unspecified atom stereocenters. The van der Waals surface area contributed by atoms with Gasteiger partial charge < -0.3 is 4.34 Å². The summed E-state index contributed by atoms with van der Waals surface area (Å²) in [6.07, 6.45) is 5.15. The Hall–Kier alpha value is -0.500. The van der Waals surface area contributed by atoms with Gasteiger partial charge in [0.25, 0.3) is 0 Å². The number of hydrogen-bond acceptors (Lipinski definition) is 1. The number of halogens is 1. The molecule has 1 aromatic carbocycles. The fraction of sp³-hybridized carbons (Fsp3) is 0.400. The number of fused-ring (bicyclic) bond motifs is 1. The van der Waals surface area contributed by atoms with Crippen LogP contribution < -0.4 is 4.34 Å². The molecule has 0 saturated carbocycles. The van der Waals surface area contributed by atoms with E-state index in [9.17, 15) is 0 Å². The minimum Gasteiger partial charge on any atom is -0.322 e. The van der Waals surface area contributed by atoms with Crippen LogP contribution in [-0.2, 0) is 12.8 Å². The molecule has 0 bridgehead atoms. The third-order valence-electron chi connectivity index (χ3n) is 2.50. The van der Waals surface area contributed by atoms with Crippen LogP contribution >= 0.6 is 16.1 Å². The summed E-state index contributed by atoms with van der Waals surface area (Å²) in [4.78, 5) is 0. The van der Waals surface area contributed by atoms with Gasteiger partial charge >= 0.3 is 0 Å². The van der Waals surface area contributed by atoms with Crippen molar-refractivity contribution in [2.24, 2.45) is 0 Å². The molecule has 0 atom stereocenters. The van der Waals surface area contributed by atoms with Crippen molar-refractivity contribution in [3.8, 4) is 0 Å². The SMILES string of the molecule is BrNc1cccc2c1CCCC2. The normalized spacial score (nSPS) is 15.4. The summed E-state index contributed by atoms with van der Waals surface area (Å²) in [5, 5.41) is 0. The molecule has 1 N–H and O–H groups in total. The van der Waals surface area contributed by atoms with Crippen LogP contribution in [0.1, 0.15) is 24.0 Å². The fourth-order valence-electron chi connectivity index (χ4n) is 1.87. The molecule has 0 heterocycles. The van der Waals surface area contributed by atoms with Gasteiger partial charge in [0.2, 0.25) is 0 Å². The van der Waals surface area contributed by atoms with E-state index in [0.29, 0.717) is 0 Å². The summed E-state index contributed by atoms with van der Waals surface area (Å²) in [7, 11) is 0. The van der Waals surface area contributed by atoms with E-state index < -0.39 is 0 Å². The van der Waals surface area contributed by atoms with E-state index in [0.717, 1.165) is 0 Å². The number of hydrogen-bond donors (Lipinski definition) is 1. The van der Waals surface area contributed by atoms with Gasteiger partial charge in [0.05, 0.1) is 0 Å². The Morgan fingerprint density at radius 1 is 1.17 bits per heavy atom. The highest BCUT2D eigenvalue weighted by molar-refractivity contribution is 9.10. The Morgan fingerprint density at radius 3 is 2.83 bits per heavy atom. The highest BCUT2D eigenvalue weighted by atomic mass is 79.9. The van der Waals surface area contributed by atoms with Gasteiger partial charge in [-0.2, -0.15) is 0 Å². The second-order valence-electron chi connectivity index (χ2n) is 3.24. The third-order valence-corrected chi connectivity index (χ3v) is 2.92. The molecule has 64 valence electrons. The molecule has 2 rings (SSSR count). The number of anilines is 1. The van der Waals surface area contributed by atoms with E-state index in [2.05, 4.69) is 38.7 Å². The smallest absolute Gasteiger partial charge is 0.0475 e. The molecule has 12 heavy (non-hydrogen) atoms. The van der Waals surface area contributed by atoms with Crippen LogP contribution in [0, 0.1) is 0 Å². The molecule has 2 heteroatoms. The predicted octanol–water partition coefficient (Wildman–Crippen LogP) is 3.29. The first-order valence-corrected chi connectivity index (χ1v) is 5.18. The van der Waals surface area contributed by atoms with Crippen molar-refractivity contribution in [1.29, 1.82) is 0 Å². The summed E-state index contributed by atoms with van der Waals surface area (Å²) < 4.78 is 3.07. The van der Waals surface area contributed by atoms with E-state index >= 15 is 0 Å². The summed E-state index contributed by atoms with van der Waals surface area (Å²) >= 11 is 3.29. The second-order valence-corrected chi connectivity index (χ2v) is 3.64. The Balaban J connectivity index is 2.44. The molecule has 0 aromatic heterocycles. The monoisotopic (exact) mass is 225 g/mol. The maximum atomic E-state index is 3.29. The quantitative estimate of drug-likeness (QED) is 0.724. The number of aryl methyl sites for hydroxylation is 1. The highest BCUT2D eigenvalue weighted by Gasteiger charge is 2.11. The highest BCUT2D eigenvalue weighted by Crippen LogP contribution is 2.28. The lowest BCUT2D eigenvalue weighted by Gasteiger charge is -2.18. The number of rotatable bonds is 1. The van der Waals surface area contributed by atoms with Crippen LogP contribution in [0.25, 0.3) is 0 Å². The Morgan fingerprint density at radius 2 is 2.00 bits per heavy atom. The summed E-state index contributed by atoms with van der Waals surface area (Å²) in [6.45, 7) is 0. The molecule has 0 aliphatic heterocycles. The van der Waals surface area contributed by atoms with Crippen LogP contribution in [-0.4, -0.2) is 0 Å². The Bertz CT molecular complexity index is 269.